The van der Waals surface area contributed by atoms with E-state index in [1.807, 2.05) is 13.0 Å². The zero-order valence-electron chi connectivity index (χ0n) is 28.1. The zero-order valence-corrected chi connectivity index (χ0v) is 28.1. The lowest BCUT2D eigenvalue weighted by Crippen LogP contribution is -2.33. The highest BCUT2D eigenvalue weighted by Gasteiger charge is 2.40. The molecule has 3 aliphatic rings. The highest BCUT2D eigenvalue weighted by molar-refractivity contribution is 5.90. The summed E-state index contributed by atoms with van der Waals surface area (Å²) >= 11 is 0. The molecule has 0 saturated carbocycles. The summed E-state index contributed by atoms with van der Waals surface area (Å²) in [5.74, 6) is -0.281. The largest absolute Gasteiger partial charge is 0.455 e. The van der Waals surface area contributed by atoms with E-state index in [0.717, 1.165) is 77.0 Å². The van der Waals surface area contributed by atoms with Gasteiger partial charge < -0.3 is 29.5 Å². The van der Waals surface area contributed by atoms with Gasteiger partial charge in [0, 0.05) is 12.0 Å². The fraction of sp³-hybridized carbons (Fsp3) is 0.919. The van der Waals surface area contributed by atoms with E-state index in [0.29, 0.717) is 12.0 Å². The number of hydrogen-bond donors (Lipinski definition) is 3. The first kappa shape index (κ1) is 37.5. The number of ether oxygens (including phenoxy) is 3. The van der Waals surface area contributed by atoms with E-state index in [4.69, 9.17) is 14.2 Å². The number of unbranched alkanes of at least 4 members (excludes halogenated alkanes) is 14. The Labute approximate surface area is 268 Å². The van der Waals surface area contributed by atoms with Gasteiger partial charge in [0.2, 0.25) is 0 Å². The van der Waals surface area contributed by atoms with Gasteiger partial charge in [-0.1, -0.05) is 110 Å². The van der Waals surface area contributed by atoms with E-state index >= 15 is 0 Å². The van der Waals surface area contributed by atoms with Gasteiger partial charge in [0.05, 0.1) is 42.7 Å². The minimum atomic E-state index is -0.463. The summed E-state index contributed by atoms with van der Waals surface area (Å²) in [5.41, 5.74) is 0.617. The van der Waals surface area contributed by atoms with Gasteiger partial charge in [-0.2, -0.15) is 0 Å². The highest BCUT2D eigenvalue weighted by Crippen LogP contribution is 2.34. The Morgan fingerprint density at radius 3 is 1.52 bits per heavy atom. The van der Waals surface area contributed by atoms with Crippen LogP contribution in [0.1, 0.15) is 168 Å². The lowest BCUT2D eigenvalue weighted by Gasteiger charge is -2.24. The van der Waals surface area contributed by atoms with Gasteiger partial charge in [-0.05, 0) is 57.9 Å². The molecule has 7 nitrogen and oxygen atoms in total. The Bertz CT molecular complexity index is 801. The Balaban J connectivity index is 1.13. The molecule has 3 aliphatic heterocycles. The molecule has 3 rings (SSSR count). The first-order valence-corrected chi connectivity index (χ1v) is 18.6. The Kier molecular flexibility index (Phi) is 18.5. The van der Waals surface area contributed by atoms with E-state index in [2.05, 4.69) is 6.92 Å². The van der Waals surface area contributed by atoms with Crippen LogP contribution in [0.15, 0.2) is 11.6 Å². The van der Waals surface area contributed by atoms with Crippen molar-refractivity contribution in [1.82, 2.24) is 0 Å². The molecule has 0 bridgehead atoms. The summed E-state index contributed by atoms with van der Waals surface area (Å²) in [4.78, 5) is 11.7. The third-order valence-electron chi connectivity index (χ3n) is 10.0. The minimum absolute atomic E-state index is 0.0519. The lowest BCUT2D eigenvalue weighted by molar-refractivity contribution is -0.139. The second-order valence-electron chi connectivity index (χ2n) is 14.0. The minimum Gasteiger partial charge on any atom is -0.455 e. The number of aliphatic hydroxyl groups excluding tert-OH is 3. The molecule has 0 radical (unpaired) electrons. The maximum Gasteiger partial charge on any atom is 0.334 e. The van der Waals surface area contributed by atoms with E-state index in [1.54, 1.807) is 0 Å². The van der Waals surface area contributed by atoms with Crippen molar-refractivity contribution in [2.75, 3.05) is 0 Å². The molecule has 2 saturated heterocycles. The standard InChI is InChI=1S/C37H66O7/c1-3-4-5-6-7-11-14-17-20-31(39)33-22-24-35(43-33)36-25-23-34(44-36)32(40)21-18-15-12-9-8-10-13-16-19-30(38)27-29-26-28(2)42-37(29)41/h26,28,30-36,38-40H,3-25,27H2,1-2H3/t28?,30?,31-,32+,33?,34+,35-,36-/m0/s1. The number of aliphatic hydroxyl groups is 3. The summed E-state index contributed by atoms with van der Waals surface area (Å²) in [5, 5.41) is 31.6. The molecule has 0 amide bonds. The van der Waals surface area contributed by atoms with Crippen molar-refractivity contribution in [3.8, 4) is 0 Å². The fourth-order valence-electron chi connectivity index (χ4n) is 7.28. The number of carbonyl (C=O) groups is 1. The average molecular weight is 623 g/mol. The van der Waals surface area contributed by atoms with Crippen LogP contribution < -0.4 is 0 Å². The normalized spacial score (nSPS) is 27.4. The summed E-state index contributed by atoms with van der Waals surface area (Å²) in [7, 11) is 0. The van der Waals surface area contributed by atoms with Crippen LogP contribution in [0, 0.1) is 0 Å². The smallest absolute Gasteiger partial charge is 0.334 e. The van der Waals surface area contributed by atoms with Crippen molar-refractivity contribution in [2.24, 2.45) is 0 Å². The number of hydrogen-bond acceptors (Lipinski definition) is 7. The molecule has 0 spiro atoms. The Hall–Kier alpha value is -0.990. The molecule has 2 fully saturated rings. The van der Waals surface area contributed by atoms with Crippen molar-refractivity contribution < 1.29 is 34.3 Å². The summed E-state index contributed by atoms with van der Waals surface area (Å²) < 4.78 is 17.7. The van der Waals surface area contributed by atoms with Gasteiger partial charge >= 0.3 is 5.97 Å². The van der Waals surface area contributed by atoms with Crippen LogP contribution in [-0.4, -0.2) is 70.1 Å². The molecule has 7 heteroatoms. The number of carbonyl (C=O) groups excluding carboxylic acids is 1. The quantitative estimate of drug-likeness (QED) is 0.0703. The Morgan fingerprint density at radius 1 is 0.659 bits per heavy atom. The number of esters is 1. The van der Waals surface area contributed by atoms with Crippen molar-refractivity contribution >= 4 is 5.97 Å². The lowest BCUT2D eigenvalue weighted by atomic mass is 10.00. The highest BCUT2D eigenvalue weighted by atomic mass is 16.6. The van der Waals surface area contributed by atoms with Crippen LogP contribution in [0.2, 0.25) is 0 Å². The van der Waals surface area contributed by atoms with Crippen molar-refractivity contribution in [1.29, 1.82) is 0 Å². The second-order valence-corrected chi connectivity index (χ2v) is 14.0. The molecule has 0 aromatic carbocycles. The molecule has 256 valence electrons. The molecule has 8 atom stereocenters. The molecule has 3 unspecified atom stereocenters. The van der Waals surface area contributed by atoms with Crippen LogP contribution in [-0.2, 0) is 19.0 Å². The van der Waals surface area contributed by atoms with Crippen molar-refractivity contribution in [3.05, 3.63) is 11.6 Å². The molecular formula is C37H66O7. The molecule has 3 heterocycles. The molecule has 0 aromatic rings. The summed E-state index contributed by atoms with van der Waals surface area (Å²) in [6, 6.07) is 0. The molecule has 3 N–H and O–H groups in total. The molecule has 44 heavy (non-hydrogen) atoms. The van der Waals surface area contributed by atoms with Gasteiger partial charge in [0.1, 0.15) is 6.10 Å². The third kappa shape index (κ3) is 14.2. The monoisotopic (exact) mass is 622 g/mol. The summed E-state index contributed by atoms with van der Waals surface area (Å²) in [6.07, 6.45) is 26.1. The van der Waals surface area contributed by atoms with E-state index in [9.17, 15) is 20.1 Å². The predicted molar refractivity (Wildman–Crippen MR) is 175 cm³/mol. The maximum absolute atomic E-state index is 11.7. The zero-order chi connectivity index (χ0) is 31.6. The third-order valence-corrected chi connectivity index (χ3v) is 10.0. The van der Waals surface area contributed by atoms with Gasteiger partial charge in [0.15, 0.2) is 0 Å². The second kappa shape index (κ2) is 21.7. The fourth-order valence-corrected chi connectivity index (χ4v) is 7.28. The van der Waals surface area contributed by atoms with Crippen LogP contribution in [0.4, 0.5) is 0 Å². The number of rotatable bonds is 25. The molecular weight excluding hydrogens is 556 g/mol. The van der Waals surface area contributed by atoms with Crippen LogP contribution >= 0.6 is 0 Å². The van der Waals surface area contributed by atoms with Gasteiger partial charge in [-0.15, -0.1) is 0 Å². The van der Waals surface area contributed by atoms with Crippen LogP contribution in [0.3, 0.4) is 0 Å². The predicted octanol–water partition coefficient (Wildman–Crippen LogP) is 7.86. The Morgan fingerprint density at radius 2 is 1.09 bits per heavy atom. The van der Waals surface area contributed by atoms with Crippen molar-refractivity contribution in [3.63, 3.8) is 0 Å². The first-order chi connectivity index (χ1) is 21.4. The van der Waals surface area contributed by atoms with Crippen molar-refractivity contribution in [2.45, 2.75) is 217 Å². The topological polar surface area (TPSA) is 105 Å². The van der Waals surface area contributed by atoms with Gasteiger partial charge in [0.25, 0.3) is 0 Å². The molecule has 0 aromatic heterocycles. The van der Waals surface area contributed by atoms with E-state index < -0.39 is 12.2 Å². The summed E-state index contributed by atoms with van der Waals surface area (Å²) in [6.45, 7) is 4.09. The van der Waals surface area contributed by atoms with Crippen LogP contribution in [0.5, 0.6) is 0 Å². The SMILES string of the molecule is CCCCCCCCCC[C@H](O)C1CC[C@@H]([C@@H]2CC[C@H]([C@H](O)CCCCCCCCCCC(O)CC3=CC(C)OC3=O)O2)O1. The van der Waals surface area contributed by atoms with E-state index in [-0.39, 0.29) is 42.6 Å². The van der Waals surface area contributed by atoms with Crippen LogP contribution in [0.25, 0.3) is 0 Å². The van der Waals surface area contributed by atoms with Gasteiger partial charge in [-0.3, -0.25) is 0 Å². The number of cyclic esters (lactones) is 1. The van der Waals surface area contributed by atoms with Gasteiger partial charge in [-0.25, -0.2) is 4.79 Å². The first-order valence-electron chi connectivity index (χ1n) is 18.6. The average Bonchev–Trinajstić information content (AvgIpc) is 3.75. The molecule has 0 aliphatic carbocycles. The van der Waals surface area contributed by atoms with E-state index in [1.165, 1.54) is 70.6 Å². The maximum atomic E-state index is 11.7.